The molecule has 0 saturated heterocycles. The highest BCUT2D eigenvalue weighted by molar-refractivity contribution is 5.48. The molecule has 3 heteroatoms. The van der Waals surface area contributed by atoms with E-state index in [2.05, 4.69) is 23.7 Å². The molecule has 1 fully saturated rings. The lowest BCUT2D eigenvalue weighted by Crippen LogP contribution is -2.34. The highest BCUT2D eigenvalue weighted by Gasteiger charge is 2.27. The quantitative estimate of drug-likeness (QED) is 0.851. The number of pyridine rings is 1. The van der Waals surface area contributed by atoms with E-state index in [0.29, 0.717) is 6.04 Å². The van der Waals surface area contributed by atoms with Gasteiger partial charge in [-0.1, -0.05) is 6.07 Å². The van der Waals surface area contributed by atoms with Crippen LogP contribution in [0.2, 0.25) is 0 Å². The smallest absolute Gasteiger partial charge is 0.134 e. The first-order valence-corrected chi connectivity index (χ1v) is 6.49. The molecule has 0 aliphatic heterocycles. The van der Waals surface area contributed by atoms with E-state index in [1.165, 1.54) is 12.8 Å². The molecule has 1 heterocycles. The molecule has 1 saturated carbocycles. The van der Waals surface area contributed by atoms with Crippen molar-refractivity contribution in [3.63, 3.8) is 0 Å². The van der Waals surface area contributed by atoms with Crippen LogP contribution in [-0.2, 0) is 0 Å². The van der Waals surface area contributed by atoms with Gasteiger partial charge in [0.25, 0.3) is 0 Å². The van der Waals surface area contributed by atoms with Gasteiger partial charge in [-0.3, -0.25) is 0 Å². The van der Waals surface area contributed by atoms with Crippen LogP contribution in [0.5, 0.6) is 0 Å². The second kappa shape index (κ2) is 5.05. The normalized spacial score (nSPS) is 17.2. The summed E-state index contributed by atoms with van der Waals surface area (Å²) in [7, 11) is 0. The number of aliphatic hydroxyl groups is 1. The minimum Gasteiger partial charge on any atom is -0.389 e. The Morgan fingerprint density at radius 1 is 1.41 bits per heavy atom. The van der Waals surface area contributed by atoms with Crippen molar-refractivity contribution in [3.05, 3.63) is 23.9 Å². The summed E-state index contributed by atoms with van der Waals surface area (Å²) in [5.41, 5.74) is 0.932. The highest BCUT2D eigenvalue weighted by atomic mass is 16.3. The van der Waals surface area contributed by atoms with Crippen LogP contribution >= 0.6 is 0 Å². The third kappa shape index (κ3) is 2.97. The predicted molar refractivity (Wildman–Crippen MR) is 70.1 cm³/mol. The van der Waals surface area contributed by atoms with Crippen molar-refractivity contribution >= 4 is 5.82 Å². The van der Waals surface area contributed by atoms with Gasteiger partial charge in [0.2, 0.25) is 0 Å². The molecule has 0 aromatic carbocycles. The van der Waals surface area contributed by atoms with Crippen LogP contribution in [0.4, 0.5) is 5.82 Å². The number of rotatable bonds is 5. The predicted octanol–water partition coefficient (Wildman–Crippen LogP) is 2.76. The lowest BCUT2D eigenvalue weighted by molar-refractivity contribution is 0.199. The number of anilines is 1. The lowest BCUT2D eigenvalue weighted by Gasteiger charge is -2.30. The van der Waals surface area contributed by atoms with Gasteiger partial charge in [-0.2, -0.15) is 0 Å². The first-order valence-electron chi connectivity index (χ1n) is 6.49. The summed E-state index contributed by atoms with van der Waals surface area (Å²) in [4.78, 5) is 6.79. The van der Waals surface area contributed by atoms with Gasteiger partial charge in [-0.05, 0) is 45.6 Å². The van der Waals surface area contributed by atoms with Gasteiger partial charge >= 0.3 is 0 Å². The van der Waals surface area contributed by atoms with E-state index >= 15 is 0 Å². The molecule has 1 N–H and O–H groups in total. The molecule has 1 aliphatic carbocycles. The van der Waals surface area contributed by atoms with E-state index in [1.54, 1.807) is 6.92 Å². The van der Waals surface area contributed by atoms with Crippen LogP contribution in [0.25, 0.3) is 0 Å². The van der Waals surface area contributed by atoms with Crippen molar-refractivity contribution in [3.8, 4) is 0 Å². The van der Waals surface area contributed by atoms with E-state index in [-0.39, 0.29) is 0 Å². The van der Waals surface area contributed by atoms with Crippen LogP contribution in [0.15, 0.2) is 18.3 Å². The molecule has 94 valence electrons. The fraction of sp³-hybridized carbons (Fsp3) is 0.643. The Morgan fingerprint density at radius 2 is 2.12 bits per heavy atom. The standard InChI is InChI=1S/C14H22N2O/c1-10(2)16(9-12-6-7-12)14-13(11(3)17)5-4-8-15-14/h4-5,8,10-12,17H,6-7,9H2,1-3H3. The summed E-state index contributed by atoms with van der Waals surface area (Å²) in [6, 6.07) is 4.28. The first kappa shape index (κ1) is 12.4. The summed E-state index contributed by atoms with van der Waals surface area (Å²) >= 11 is 0. The van der Waals surface area contributed by atoms with E-state index < -0.39 is 6.10 Å². The third-order valence-corrected chi connectivity index (χ3v) is 3.31. The molecule has 0 spiro atoms. The molecule has 1 atom stereocenters. The second-order valence-corrected chi connectivity index (χ2v) is 5.28. The molecule has 1 aromatic heterocycles. The summed E-state index contributed by atoms with van der Waals surface area (Å²) in [5.74, 6) is 1.77. The molecule has 1 aromatic rings. The van der Waals surface area contributed by atoms with Gasteiger partial charge in [0, 0.05) is 24.3 Å². The first-order chi connectivity index (χ1) is 8.09. The second-order valence-electron chi connectivity index (χ2n) is 5.28. The molecular formula is C14H22N2O. The Balaban J connectivity index is 2.27. The molecule has 1 unspecified atom stereocenters. The van der Waals surface area contributed by atoms with Crippen LogP contribution in [0.1, 0.15) is 45.3 Å². The fourth-order valence-corrected chi connectivity index (χ4v) is 2.10. The van der Waals surface area contributed by atoms with Crippen molar-refractivity contribution in [2.75, 3.05) is 11.4 Å². The molecule has 0 bridgehead atoms. The Hall–Kier alpha value is -1.09. The SMILES string of the molecule is CC(O)c1cccnc1N(CC1CC1)C(C)C. The minimum atomic E-state index is -0.459. The average Bonchev–Trinajstić information content (AvgIpc) is 3.09. The monoisotopic (exact) mass is 234 g/mol. The number of hydrogen-bond acceptors (Lipinski definition) is 3. The Bertz CT molecular complexity index is 372. The Morgan fingerprint density at radius 3 is 2.65 bits per heavy atom. The molecule has 1 aliphatic rings. The van der Waals surface area contributed by atoms with Crippen molar-refractivity contribution in [1.29, 1.82) is 0 Å². The van der Waals surface area contributed by atoms with Gasteiger partial charge in [-0.15, -0.1) is 0 Å². The summed E-state index contributed by atoms with van der Waals surface area (Å²) in [6.45, 7) is 7.23. The van der Waals surface area contributed by atoms with Crippen LogP contribution < -0.4 is 4.90 Å². The van der Waals surface area contributed by atoms with Crippen LogP contribution in [-0.4, -0.2) is 22.7 Å². The van der Waals surface area contributed by atoms with E-state index in [1.807, 2.05) is 18.3 Å². The van der Waals surface area contributed by atoms with Gasteiger partial charge in [-0.25, -0.2) is 4.98 Å². The fourth-order valence-electron chi connectivity index (χ4n) is 2.10. The van der Waals surface area contributed by atoms with E-state index in [0.717, 1.165) is 23.8 Å². The number of nitrogens with zero attached hydrogens (tertiary/aromatic N) is 2. The van der Waals surface area contributed by atoms with Gasteiger partial charge in [0.1, 0.15) is 5.82 Å². The average molecular weight is 234 g/mol. The maximum Gasteiger partial charge on any atom is 0.134 e. The molecule has 17 heavy (non-hydrogen) atoms. The highest BCUT2D eigenvalue weighted by Crippen LogP contribution is 2.33. The van der Waals surface area contributed by atoms with Crippen LogP contribution in [0.3, 0.4) is 0 Å². The largest absolute Gasteiger partial charge is 0.389 e. The van der Waals surface area contributed by atoms with E-state index in [4.69, 9.17) is 0 Å². The van der Waals surface area contributed by atoms with Gasteiger partial charge < -0.3 is 10.0 Å². The summed E-state index contributed by atoms with van der Waals surface area (Å²) in [6.07, 6.45) is 4.02. The van der Waals surface area contributed by atoms with Gasteiger partial charge in [0.05, 0.1) is 6.10 Å². The molecular weight excluding hydrogens is 212 g/mol. The lowest BCUT2D eigenvalue weighted by atomic mass is 10.1. The molecule has 2 rings (SSSR count). The van der Waals surface area contributed by atoms with Gasteiger partial charge in [0.15, 0.2) is 0 Å². The van der Waals surface area contributed by atoms with Crippen molar-refractivity contribution < 1.29 is 5.11 Å². The zero-order valence-corrected chi connectivity index (χ0v) is 10.9. The van der Waals surface area contributed by atoms with Crippen LogP contribution in [0, 0.1) is 5.92 Å². The van der Waals surface area contributed by atoms with Crippen molar-refractivity contribution in [1.82, 2.24) is 4.98 Å². The van der Waals surface area contributed by atoms with E-state index in [9.17, 15) is 5.11 Å². The molecule has 0 amide bonds. The zero-order valence-electron chi connectivity index (χ0n) is 10.9. The number of hydrogen-bond donors (Lipinski definition) is 1. The summed E-state index contributed by atoms with van der Waals surface area (Å²) < 4.78 is 0. The van der Waals surface area contributed by atoms with Crippen molar-refractivity contribution in [2.24, 2.45) is 5.92 Å². The maximum absolute atomic E-state index is 9.82. The zero-order chi connectivity index (χ0) is 12.4. The topological polar surface area (TPSA) is 36.4 Å². The number of aromatic nitrogens is 1. The minimum absolute atomic E-state index is 0.419. The molecule has 3 nitrogen and oxygen atoms in total. The number of aliphatic hydroxyl groups excluding tert-OH is 1. The maximum atomic E-state index is 9.82. The molecule has 0 radical (unpaired) electrons. The Labute approximate surface area is 103 Å². The van der Waals surface area contributed by atoms with Crippen molar-refractivity contribution in [2.45, 2.75) is 45.8 Å². The third-order valence-electron chi connectivity index (χ3n) is 3.31. The summed E-state index contributed by atoms with van der Waals surface area (Å²) in [5, 5.41) is 9.82. The Kier molecular flexibility index (Phi) is 3.67.